The molecule has 3 heterocycles. The molecule has 2 aliphatic heterocycles. The maximum absolute atomic E-state index is 12.4. The van der Waals surface area contributed by atoms with Crippen LogP contribution in [0.15, 0.2) is 12.5 Å². The summed E-state index contributed by atoms with van der Waals surface area (Å²) < 4.78 is 0. The van der Waals surface area contributed by atoms with Gasteiger partial charge in [-0.3, -0.25) is 4.79 Å². The SMILES string of the molecule is CC1(C)C2CNCC2CN1C(=O)c1cnc[nH]1. The Morgan fingerprint density at radius 2 is 2.35 bits per heavy atom. The van der Waals surface area contributed by atoms with Crippen LogP contribution in [0, 0.1) is 11.8 Å². The quantitative estimate of drug-likeness (QED) is 0.743. The summed E-state index contributed by atoms with van der Waals surface area (Å²) in [5.41, 5.74) is 0.516. The molecule has 2 aliphatic rings. The van der Waals surface area contributed by atoms with E-state index in [2.05, 4.69) is 29.1 Å². The molecule has 3 rings (SSSR count). The van der Waals surface area contributed by atoms with E-state index < -0.39 is 0 Å². The number of amides is 1. The second-order valence-electron chi connectivity index (χ2n) is 5.56. The molecule has 5 heteroatoms. The molecular formula is C12H18N4O. The van der Waals surface area contributed by atoms with Gasteiger partial charge in [-0.05, 0) is 25.7 Å². The van der Waals surface area contributed by atoms with Gasteiger partial charge < -0.3 is 15.2 Å². The van der Waals surface area contributed by atoms with Crippen molar-refractivity contribution in [1.82, 2.24) is 20.2 Å². The molecule has 0 aromatic carbocycles. The molecule has 0 spiro atoms. The summed E-state index contributed by atoms with van der Waals surface area (Å²) >= 11 is 0. The number of aromatic nitrogens is 2. The van der Waals surface area contributed by atoms with Gasteiger partial charge in [-0.1, -0.05) is 0 Å². The third-order valence-electron chi connectivity index (χ3n) is 4.33. The molecule has 1 aromatic heterocycles. The number of carbonyl (C=O) groups excluding carboxylic acids is 1. The molecule has 0 radical (unpaired) electrons. The first kappa shape index (κ1) is 10.8. The van der Waals surface area contributed by atoms with Crippen LogP contribution in [0.3, 0.4) is 0 Å². The second kappa shape index (κ2) is 3.57. The van der Waals surface area contributed by atoms with Crippen molar-refractivity contribution in [1.29, 1.82) is 0 Å². The van der Waals surface area contributed by atoms with Gasteiger partial charge in [0.1, 0.15) is 5.69 Å². The van der Waals surface area contributed by atoms with Crippen molar-refractivity contribution in [2.75, 3.05) is 19.6 Å². The van der Waals surface area contributed by atoms with Crippen LogP contribution in [0.1, 0.15) is 24.3 Å². The fourth-order valence-electron chi connectivity index (χ4n) is 3.28. The molecule has 17 heavy (non-hydrogen) atoms. The number of imidazole rings is 1. The number of likely N-dealkylation sites (tertiary alicyclic amines) is 1. The van der Waals surface area contributed by atoms with Crippen LogP contribution >= 0.6 is 0 Å². The topological polar surface area (TPSA) is 61.0 Å². The normalized spacial score (nSPS) is 30.6. The van der Waals surface area contributed by atoms with E-state index >= 15 is 0 Å². The third kappa shape index (κ3) is 1.49. The highest BCUT2D eigenvalue weighted by molar-refractivity contribution is 5.92. The van der Waals surface area contributed by atoms with Gasteiger partial charge in [0.15, 0.2) is 0 Å². The third-order valence-corrected chi connectivity index (χ3v) is 4.33. The van der Waals surface area contributed by atoms with E-state index in [0.717, 1.165) is 19.6 Å². The predicted molar refractivity (Wildman–Crippen MR) is 63.6 cm³/mol. The Hall–Kier alpha value is -1.36. The van der Waals surface area contributed by atoms with Crippen molar-refractivity contribution in [3.05, 3.63) is 18.2 Å². The number of nitrogens with one attached hydrogen (secondary N) is 2. The van der Waals surface area contributed by atoms with Crippen molar-refractivity contribution < 1.29 is 4.79 Å². The Bertz CT molecular complexity index is 426. The average Bonchev–Trinajstić information content (AvgIpc) is 2.97. The lowest BCUT2D eigenvalue weighted by Crippen LogP contribution is -2.47. The lowest BCUT2D eigenvalue weighted by Gasteiger charge is -2.35. The summed E-state index contributed by atoms with van der Waals surface area (Å²) in [5.74, 6) is 1.23. The molecule has 2 fully saturated rings. The molecular weight excluding hydrogens is 216 g/mol. The summed E-state index contributed by atoms with van der Waals surface area (Å²) in [4.78, 5) is 21.2. The van der Waals surface area contributed by atoms with E-state index in [9.17, 15) is 4.79 Å². The summed E-state index contributed by atoms with van der Waals surface area (Å²) in [6, 6.07) is 0. The van der Waals surface area contributed by atoms with Crippen LogP contribution < -0.4 is 5.32 Å². The number of fused-ring (bicyclic) bond motifs is 1. The number of aromatic amines is 1. The molecule has 92 valence electrons. The monoisotopic (exact) mass is 234 g/mol. The van der Waals surface area contributed by atoms with Gasteiger partial charge in [-0.15, -0.1) is 0 Å². The highest BCUT2D eigenvalue weighted by Gasteiger charge is 2.51. The lowest BCUT2D eigenvalue weighted by molar-refractivity contribution is 0.0598. The number of nitrogens with zero attached hydrogens (tertiary/aromatic N) is 2. The zero-order valence-corrected chi connectivity index (χ0v) is 10.2. The zero-order chi connectivity index (χ0) is 12.0. The van der Waals surface area contributed by atoms with Gasteiger partial charge in [-0.25, -0.2) is 4.98 Å². The van der Waals surface area contributed by atoms with Crippen molar-refractivity contribution >= 4 is 5.91 Å². The molecule has 2 saturated heterocycles. The Balaban J connectivity index is 1.87. The van der Waals surface area contributed by atoms with Crippen LogP contribution in [0.5, 0.6) is 0 Å². The van der Waals surface area contributed by atoms with Crippen LogP contribution in [-0.4, -0.2) is 45.9 Å². The minimum absolute atomic E-state index is 0.0712. The number of rotatable bonds is 1. The van der Waals surface area contributed by atoms with E-state index in [1.807, 2.05) is 4.90 Å². The van der Waals surface area contributed by atoms with Gasteiger partial charge in [0.25, 0.3) is 5.91 Å². The predicted octanol–water partition coefficient (Wildman–Crippen LogP) is 0.480. The number of hydrogen-bond acceptors (Lipinski definition) is 3. The minimum atomic E-state index is -0.0731. The van der Waals surface area contributed by atoms with Crippen molar-refractivity contribution in [3.8, 4) is 0 Å². The molecule has 2 atom stereocenters. The standard InChI is InChI=1S/C12H18N4O/c1-12(2)9-4-13-3-8(9)6-16(12)11(17)10-5-14-7-15-10/h5,7-9,13H,3-4,6H2,1-2H3,(H,14,15). The van der Waals surface area contributed by atoms with Gasteiger partial charge >= 0.3 is 0 Å². The molecule has 1 aromatic rings. The fourth-order valence-corrected chi connectivity index (χ4v) is 3.28. The Morgan fingerprint density at radius 1 is 1.53 bits per heavy atom. The van der Waals surface area contributed by atoms with Crippen LogP contribution in [0.25, 0.3) is 0 Å². The summed E-state index contributed by atoms with van der Waals surface area (Å²) in [7, 11) is 0. The van der Waals surface area contributed by atoms with E-state index in [1.54, 1.807) is 12.5 Å². The molecule has 0 saturated carbocycles. The van der Waals surface area contributed by atoms with E-state index in [1.165, 1.54) is 0 Å². The Labute approximate surface area is 101 Å². The zero-order valence-electron chi connectivity index (χ0n) is 10.2. The largest absolute Gasteiger partial charge is 0.341 e. The molecule has 0 aliphatic carbocycles. The van der Waals surface area contributed by atoms with E-state index in [4.69, 9.17) is 0 Å². The molecule has 5 nitrogen and oxygen atoms in total. The average molecular weight is 234 g/mol. The second-order valence-corrected chi connectivity index (χ2v) is 5.56. The highest BCUT2D eigenvalue weighted by atomic mass is 16.2. The molecule has 2 N–H and O–H groups in total. The Kier molecular flexibility index (Phi) is 2.26. The van der Waals surface area contributed by atoms with Crippen LogP contribution in [0.2, 0.25) is 0 Å². The summed E-state index contributed by atoms with van der Waals surface area (Å²) in [6.45, 7) is 7.23. The lowest BCUT2D eigenvalue weighted by atomic mass is 9.85. The summed E-state index contributed by atoms with van der Waals surface area (Å²) in [6.07, 6.45) is 3.16. The van der Waals surface area contributed by atoms with Gasteiger partial charge in [0, 0.05) is 25.2 Å². The molecule has 0 bridgehead atoms. The van der Waals surface area contributed by atoms with Crippen molar-refractivity contribution in [2.45, 2.75) is 19.4 Å². The maximum Gasteiger partial charge on any atom is 0.272 e. The first-order valence-electron chi connectivity index (χ1n) is 6.12. The van der Waals surface area contributed by atoms with Crippen LogP contribution in [0.4, 0.5) is 0 Å². The van der Waals surface area contributed by atoms with Gasteiger partial charge in [0.2, 0.25) is 0 Å². The van der Waals surface area contributed by atoms with Gasteiger partial charge in [0.05, 0.1) is 12.5 Å². The number of H-pyrrole nitrogens is 1. The Morgan fingerprint density at radius 3 is 3.00 bits per heavy atom. The number of hydrogen-bond donors (Lipinski definition) is 2. The first-order chi connectivity index (χ1) is 8.10. The highest BCUT2D eigenvalue weighted by Crippen LogP contribution is 2.40. The van der Waals surface area contributed by atoms with Crippen molar-refractivity contribution in [2.24, 2.45) is 11.8 Å². The molecule has 2 unspecified atom stereocenters. The van der Waals surface area contributed by atoms with Gasteiger partial charge in [-0.2, -0.15) is 0 Å². The van der Waals surface area contributed by atoms with E-state index in [-0.39, 0.29) is 11.4 Å². The number of carbonyl (C=O) groups is 1. The first-order valence-corrected chi connectivity index (χ1v) is 6.12. The maximum atomic E-state index is 12.4. The van der Waals surface area contributed by atoms with Crippen molar-refractivity contribution in [3.63, 3.8) is 0 Å². The fraction of sp³-hybridized carbons (Fsp3) is 0.667. The summed E-state index contributed by atoms with van der Waals surface area (Å²) in [5, 5.41) is 3.42. The smallest absolute Gasteiger partial charge is 0.272 e. The molecule has 1 amide bonds. The minimum Gasteiger partial charge on any atom is -0.341 e. The van der Waals surface area contributed by atoms with Crippen LogP contribution in [-0.2, 0) is 0 Å². The van der Waals surface area contributed by atoms with E-state index in [0.29, 0.717) is 17.5 Å².